The van der Waals surface area contributed by atoms with Crippen molar-refractivity contribution in [2.75, 3.05) is 18.0 Å². The van der Waals surface area contributed by atoms with Crippen LogP contribution in [-0.4, -0.2) is 52.3 Å². The lowest BCUT2D eigenvalue weighted by molar-refractivity contribution is -0.274. The maximum Gasteiger partial charge on any atom is 0.573 e. The molecule has 0 bridgehead atoms. The number of halogens is 7. The summed E-state index contributed by atoms with van der Waals surface area (Å²) in [6.45, 7) is 0.408. The monoisotopic (exact) mass is 687 g/mol. The molecule has 0 atom stereocenters. The van der Waals surface area contributed by atoms with Crippen LogP contribution in [0.1, 0.15) is 36.1 Å². The molecular weight excluding hydrogens is 660 g/mol. The predicted molar refractivity (Wildman–Crippen MR) is 158 cm³/mol. The summed E-state index contributed by atoms with van der Waals surface area (Å²) in [5, 5.41) is 11.5. The van der Waals surface area contributed by atoms with Crippen LogP contribution in [0.2, 0.25) is 5.02 Å². The number of benzene rings is 2. The number of hydrogen-bond donors (Lipinski definition) is 3. The Kier molecular flexibility index (Phi) is 12.5. The maximum absolute atomic E-state index is 12.9. The summed E-state index contributed by atoms with van der Waals surface area (Å²) in [7, 11) is 0. The van der Waals surface area contributed by atoms with Gasteiger partial charge in [0.15, 0.2) is 0 Å². The van der Waals surface area contributed by atoms with Gasteiger partial charge in [-0.05, 0) is 66.8 Å². The van der Waals surface area contributed by atoms with Crippen molar-refractivity contribution >= 4 is 41.4 Å². The number of primary amides is 1. The number of nitrogens with two attached hydrogens (primary N) is 1. The van der Waals surface area contributed by atoms with E-state index in [1.54, 1.807) is 12.1 Å². The highest BCUT2D eigenvalue weighted by Gasteiger charge is 2.34. The number of nitrogens with zero attached hydrogens (tertiary/aromatic N) is 3. The molecule has 0 radical (unpaired) electrons. The molecule has 1 aliphatic rings. The first-order chi connectivity index (χ1) is 22.0. The number of aliphatic carboxylic acids is 1. The average Bonchev–Trinajstić information content (AvgIpc) is 3.00. The lowest BCUT2D eigenvalue weighted by Gasteiger charge is -2.31. The van der Waals surface area contributed by atoms with E-state index in [-0.39, 0.29) is 49.6 Å². The molecule has 3 aromatic rings. The third-order valence-electron chi connectivity index (χ3n) is 6.57. The molecule has 4 rings (SSSR count). The number of hydrogen-bond acceptors (Lipinski definition) is 7. The second-order valence-electron chi connectivity index (χ2n) is 10.0. The molecule has 2 heterocycles. The number of nitrogens with one attached hydrogen (secondary N) is 1. The fourth-order valence-corrected chi connectivity index (χ4v) is 4.36. The van der Waals surface area contributed by atoms with Gasteiger partial charge in [-0.3, -0.25) is 14.4 Å². The third kappa shape index (κ3) is 12.5. The number of piperidine rings is 1. The second-order valence-corrected chi connectivity index (χ2v) is 10.5. The van der Waals surface area contributed by atoms with Crippen LogP contribution in [0.15, 0.2) is 66.5 Å². The highest BCUT2D eigenvalue weighted by Crippen LogP contribution is 2.29. The van der Waals surface area contributed by atoms with E-state index < -0.39 is 47.7 Å². The Hall–Kier alpha value is -4.86. The second kappa shape index (κ2) is 16.1. The molecule has 1 fully saturated rings. The quantitative estimate of drug-likeness (QED) is 0.194. The number of aromatic nitrogens is 2. The van der Waals surface area contributed by atoms with Crippen molar-refractivity contribution in [3.8, 4) is 5.75 Å². The number of carboxylic acid groups (broad SMARTS) is 1. The zero-order valence-electron chi connectivity index (χ0n) is 24.3. The van der Waals surface area contributed by atoms with Crippen LogP contribution in [0.4, 0.5) is 32.3 Å². The first-order valence-electron chi connectivity index (χ1n) is 13.8. The van der Waals surface area contributed by atoms with E-state index in [4.69, 9.17) is 22.4 Å². The SMILES string of the molecule is NC(=O)/C(=C\c1ccc(OC(F)(F)F)cc1)NC(=O)C1CCN(c2nccc(C(F)(F)F)n2)CC1.O=C(O)CCc1ccc(Cl)cc1. The van der Waals surface area contributed by atoms with Crippen molar-refractivity contribution in [2.24, 2.45) is 11.7 Å². The summed E-state index contributed by atoms with van der Waals surface area (Å²) in [6.07, 6.45) is -6.03. The minimum absolute atomic E-state index is 0.102. The van der Waals surface area contributed by atoms with Gasteiger partial charge < -0.3 is 25.8 Å². The Morgan fingerprint density at radius 2 is 1.62 bits per heavy atom. The van der Waals surface area contributed by atoms with Crippen LogP contribution in [-0.2, 0) is 27.0 Å². The van der Waals surface area contributed by atoms with E-state index in [9.17, 15) is 40.7 Å². The first kappa shape index (κ1) is 36.6. The summed E-state index contributed by atoms with van der Waals surface area (Å²) in [4.78, 5) is 43.5. The molecule has 252 valence electrons. The van der Waals surface area contributed by atoms with Crippen LogP contribution >= 0.6 is 11.6 Å². The minimum atomic E-state index is -4.85. The highest BCUT2D eigenvalue weighted by atomic mass is 35.5. The van der Waals surface area contributed by atoms with Crippen molar-refractivity contribution < 1.29 is 50.6 Å². The van der Waals surface area contributed by atoms with Crippen molar-refractivity contribution in [3.63, 3.8) is 0 Å². The number of carboxylic acids is 1. The van der Waals surface area contributed by atoms with Gasteiger partial charge in [0.25, 0.3) is 5.91 Å². The zero-order chi connectivity index (χ0) is 34.8. The molecule has 10 nitrogen and oxygen atoms in total. The van der Waals surface area contributed by atoms with E-state index in [2.05, 4.69) is 20.0 Å². The molecule has 47 heavy (non-hydrogen) atoms. The molecule has 1 saturated heterocycles. The topological polar surface area (TPSA) is 148 Å². The van der Waals surface area contributed by atoms with E-state index in [1.807, 2.05) is 12.1 Å². The number of rotatable bonds is 9. The van der Waals surface area contributed by atoms with Gasteiger partial charge in [0.05, 0.1) is 0 Å². The normalized spacial score (nSPS) is 14.1. The standard InChI is InChI=1S/C21H19F6N5O3.C9H9ClO2/c22-20(23,24)16-5-8-29-19(31-16)32-9-6-13(7-10-32)18(34)30-15(17(28)33)11-12-1-3-14(4-2-12)35-21(25,26)27;10-8-4-1-7(2-5-8)3-6-9(11)12/h1-5,8,11,13H,6-7,9-10H2,(H2,28,33)(H,30,34);1-2,4-5H,3,6H2,(H,11,12)/b15-11+;. The summed E-state index contributed by atoms with van der Waals surface area (Å²) >= 11 is 5.66. The Morgan fingerprint density at radius 1 is 1.00 bits per heavy atom. The summed E-state index contributed by atoms with van der Waals surface area (Å²) in [5.41, 5.74) is 5.25. The average molecular weight is 688 g/mol. The number of alkyl halides is 6. The molecule has 0 saturated carbocycles. The molecule has 0 unspecified atom stereocenters. The molecule has 2 aromatic carbocycles. The molecule has 17 heteroatoms. The molecular formula is C30H28ClF6N5O5. The number of amides is 2. The van der Waals surface area contributed by atoms with E-state index in [1.165, 1.54) is 23.1 Å². The van der Waals surface area contributed by atoms with Crippen LogP contribution in [0.25, 0.3) is 6.08 Å². The van der Waals surface area contributed by atoms with Gasteiger partial charge in [-0.2, -0.15) is 13.2 Å². The summed E-state index contributed by atoms with van der Waals surface area (Å²) < 4.78 is 79.2. The number of aryl methyl sites for hydroxylation is 1. The van der Waals surface area contributed by atoms with Crippen LogP contribution < -0.4 is 20.7 Å². The van der Waals surface area contributed by atoms with Gasteiger partial charge in [0.1, 0.15) is 17.1 Å². The number of anilines is 1. The Bertz CT molecular complexity index is 1560. The van der Waals surface area contributed by atoms with Gasteiger partial charge in [0.2, 0.25) is 11.9 Å². The van der Waals surface area contributed by atoms with Gasteiger partial charge >= 0.3 is 18.5 Å². The van der Waals surface area contributed by atoms with Crippen LogP contribution in [0, 0.1) is 5.92 Å². The fourth-order valence-electron chi connectivity index (χ4n) is 4.24. The van der Waals surface area contributed by atoms with Gasteiger partial charge in [-0.15, -0.1) is 13.2 Å². The molecule has 2 amide bonds. The van der Waals surface area contributed by atoms with Crippen molar-refractivity contribution in [1.29, 1.82) is 0 Å². The van der Waals surface area contributed by atoms with Crippen LogP contribution in [0.5, 0.6) is 5.75 Å². The Labute approximate surface area is 269 Å². The molecule has 0 aliphatic carbocycles. The lowest BCUT2D eigenvalue weighted by Crippen LogP contribution is -2.42. The largest absolute Gasteiger partial charge is 0.573 e. The van der Waals surface area contributed by atoms with Crippen molar-refractivity contribution in [1.82, 2.24) is 15.3 Å². The first-order valence-corrected chi connectivity index (χ1v) is 14.2. The third-order valence-corrected chi connectivity index (χ3v) is 6.82. The summed E-state index contributed by atoms with van der Waals surface area (Å²) in [6, 6.07) is 12.5. The number of ether oxygens (including phenoxy) is 1. The van der Waals surface area contributed by atoms with Crippen molar-refractivity contribution in [3.05, 3.63) is 88.3 Å². The van der Waals surface area contributed by atoms with Gasteiger partial charge in [0, 0.05) is 36.6 Å². The number of carbonyl (C=O) groups excluding carboxylic acids is 2. The lowest BCUT2D eigenvalue weighted by atomic mass is 9.96. The van der Waals surface area contributed by atoms with Crippen LogP contribution in [0.3, 0.4) is 0 Å². The fraction of sp³-hybridized carbons (Fsp3) is 0.300. The highest BCUT2D eigenvalue weighted by molar-refractivity contribution is 6.30. The molecule has 4 N–H and O–H groups in total. The van der Waals surface area contributed by atoms with Gasteiger partial charge in [-0.1, -0.05) is 35.9 Å². The zero-order valence-corrected chi connectivity index (χ0v) is 25.1. The Balaban J connectivity index is 0.000000420. The molecule has 1 aromatic heterocycles. The number of carbonyl (C=O) groups is 3. The van der Waals surface area contributed by atoms with E-state index in [0.717, 1.165) is 30.0 Å². The summed E-state index contributed by atoms with van der Waals surface area (Å²) in [5.74, 6) is -3.40. The smallest absolute Gasteiger partial charge is 0.481 e. The molecule has 1 aliphatic heterocycles. The van der Waals surface area contributed by atoms with E-state index >= 15 is 0 Å². The Morgan fingerprint density at radius 3 is 2.15 bits per heavy atom. The van der Waals surface area contributed by atoms with E-state index in [0.29, 0.717) is 11.4 Å². The van der Waals surface area contributed by atoms with Gasteiger partial charge in [-0.25, -0.2) is 9.97 Å². The maximum atomic E-state index is 12.9. The molecule has 0 spiro atoms. The predicted octanol–water partition coefficient (Wildman–Crippen LogP) is 5.61. The van der Waals surface area contributed by atoms with Crippen molar-refractivity contribution in [2.45, 2.75) is 38.2 Å². The minimum Gasteiger partial charge on any atom is -0.481 e.